The molecule has 0 bridgehead atoms. The number of hydrogen-bond acceptors (Lipinski definition) is 8. The molecule has 0 saturated carbocycles. The lowest BCUT2D eigenvalue weighted by Gasteiger charge is -2.38. The van der Waals surface area contributed by atoms with Crippen LogP contribution in [-0.4, -0.2) is 59.4 Å². The van der Waals surface area contributed by atoms with Gasteiger partial charge in [0.25, 0.3) is 0 Å². The number of hydrogen-bond donors (Lipinski definition) is 5. The first kappa shape index (κ1) is 28.3. The Morgan fingerprint density at radius 1 is 1.17 bits per heavy atom. The third-order valence-electron chi connectivity index (χ3n) is 7.35. The van der Waals surface area contributed by atoms with E-state index in [-0.39, 0.29) is 19.3 Å². The highest BCUT2D eigenvalue weighted by Gasteiger charge is 2.51. The van der Waals surface area contributed by atoms with Crippen molar-refractivity contribution in [3.05, 3.63) is 33.6 Å². The molecule has 1 aliphatic heterocycles. The summed E-state index contributed by atoms with van der Waals surface area (Å²) < 4.78 is 25.1. The molecule has 1 aliphatic rings. The second kappa shape index (κ2) is 10.3. The van der Waals surface area contributed by atoms with Crippen LogP contribution in [-0.2, 0) is 13.8 Å². The molecule has 2 aromatic rings. The first-order valence-electron chi connectivity index (χ1n) is 12.0. The predicted molar refractivity (Wildman–Crippen MR) is 136 cm³/mol. The monoisotopic (exact) mass is 528 g/mol. The van der Waals surface area contributed by atoms with E-state index in [0.717, 1.165) is 16.6 Å². The quantitative estimate of drug-likeness (QED) is 0.237. The van der Waals surface area contributed by atoms with Crippen molar-refractivity contribution in [2.24, 2.45) is 0 Å². The zero-order chi connectivity index (χ0) is 26.3. The second-order valence-corrected chi connectivity index (χ2v) is 12.2. The summed E-state index contributed by atoms with van der Waals surface area (Å²) in [4.78, 5) is 18.2. The fraction of sp³-hybridized carbons (Fsp3) is 0.667. The Balaban J connectivity index is 1.88. The number of nitrogens with zero attached hydrogens (tertiary/aromatic N) is 1. The molecule has 1 fully saturated rings. The zero-order valence-corrected chi connectivity index (χ0v) is 22.8. The number of nitrogens with one attached hydrogen (secondary N) is 1. The van der Waals surface area contributed by atoms with Crippen LogP contribution in [0.2, 0.25) is 0 Å². The first-order valence-corrected chi connectivity index (χ1v) is 14.0. The van der Waals surface area contributed by atoms with E-state index >= 15 is 0 Å². The van der Waals surface area contributed by atoms with Crippen molar-refractivity contribution >= 4 is 30.8 Å². The fourth-order valence-electron chi connectivity index (χ4n) is 4.44. The van der Waals surface area contributed by atoms with Crippen molar-refractivity contribution in [3.8, 4) is 0 Å². The normalized spacial score (nSPS) is 26.6. The number of rotatable bonds is 9. The van der Waals surface area contributed by atoms with Crippen molar-refractivity contribution in [1.29, 1.82) is 0 Å². The van der Waals surface area contributed by atoms with E-state index < -0.39 is 43.0 Å². The molecule has 0 aliphatic carbocycles. The molecular weight excluding hydrogens is 491 g/mol. The molecule has 9 nitrogen and oxygen atoms in total. The zero-order valence-electron chi connectivity index (χ0n) is 21.1. The highest BCUT2D eigenvalue weighted by atomic mass is 32.1. The molecule has 6 atom stereocenters. The van der Waals surface area contributed by atoms with E-state index in [1.807, 2.05) is 19.9 Å². The summed E-state index contributed by atoms with van der Waals surface area (Å²) in [6.07, 6.45) is -3.90. The summed E-state index contributed by atoms with van der Waals surface area (Å²) in [6.45, 7) is 10.5. The van der Waals surface area contributed by atoms with Gasteiger partial charge in [-0.15, -0.1) is 0 Å². The topological polar surface area (TPSA) is 145 Å². The standard InChI is InChI=1S/C24H37N2O7PS/c1-7-23(6,33-34(30,31)24(29,8-2)9-3)12-17-18(27)19(28)20(32-17)16-11-15-10-13(4)14(5)25-21(15)26-22(16)35/h10-11,17-20,27-29H,7-9,12H2,1-6H3,(H,30,31)(H,25,26,35)/t17-,18?,19+,20+,23?/m1/s1. The van der Waals surface area contributed by atoms with E-state index in [1.165, 1.54) is 0 Å². The van der Waals surface area contributed by atoms with Crippen molar-refractivity contribution in [2.45, 2.75) is 103 Å². The van der Waals surface area contributed by atoms with Gasteiger partial charge in [-0.2, -0.15) is 0 Å². The molecule has 0 spiro atoms. The van der Waals surface area contributed by atoms with E-state index in [1.54, 1.807) is 33.8 Å². The lowest BCUT2D eigenvalue weighted by molar-refractivity contribution is -0.0544. The van der Waals surface area contributed by atoms with Gasteiger partial charge in [0, 0.05) is 23.1 Å². The van der Waals surface area contributed by atoms with Gasteiger partial charge >= 0.3 is 7.60 Å². The maximum atomic E-state index is 13.0. The number of aliphatic hydroxyl groups is 3. The number of H-pyrrole nitrogens is 1. The molecule has 0 amide bonds. The first-order chi connectivity index (χ1) is 16.2. The fourth-order valence-corrected chi connectivity index (χ4v) is 6.48. The van der Waals surface area contributed by atoms with Crippen LogP contribution in [0, 0.1) is 18.5 Å². The molecular formula is C24H37N2O7PS. The van der Waals surface area contributed by atoms with Gasteiger partial charge in [0.1, 0.15) is 28.6 Å². The average Bonchev–Trinajstić information content (AvgIpc) is 3.06. The number of aryl methyl sites for hydroxylation is 2. The summed E-state index contributed by atoms with van der Waals surface area (Å²) in [7, 11) is -4.43. The third kappa shape index (κ3) is 5.40. The molecule has 11 heteroatoms. The largest absolute Gasteiger partial charge is 0.388 e. The smallest absolute Gasteiger partial charge is 0.359 e. The highest BCUT2D eigenvalue weighted by molar-refractivity contribution is 7.71. The van der Waals surface area contributed by atoms with Gasteiger partial charge < -0.3 is 34.5 Å². The van der Waals surface area contributed by atoms with Crippen molar-refractivity contribution < 1.29 is 34.0 Å². The molecule has 0 aromatic carbocycles. The molecule has 3 rings (SSSR count). The van der Waals surface area contributed by atoms with Gasteiger partial charge in [-0.1, -0.05) is 33.0 Å². The van der Waals surface area contributed by atoms with Crippen LogP contribution in [0.3, 0.4) is 0 Å². The molecule has 5 N–H and O–H groups in total. The number of ether oxygens (including phenoxy) is 1. The summed E-state index contributed by atoms with van der Waals surface area (Å²) in [5.74, 6) is 0. The van der Waals surface area contributed by atoms with Gasteiger partial charge in [0.2, 0.25) is 0 Å². The Morgan fingerprint density at radius 2 is 1.80 bits per heavy atom. The Hall–Kier alpha value is -1.23. The summed E-state index contributed by atoms with van der Waals surface area (Å²) >= 11 is 5.50. The van der Waals surface area contributed by atoms with Crippen LogP contribution in [0.1, 0.15) is 76.3 Å². The number of aromatic nitrogens is 2. The van der Waals surface area contributed by atoms with Crippen LogP contribution in [0.25, 0.3) is 11.0 Å². The Bertz CT molecular complexity index is 1180. The van der Waals surface area contributed by atoms with E-state index in [0.29, 0.717) is 22.3 Å². The summed E-state index contributed by atoms with van der Waals surface area (Å²) in [6, 6.07) is 3.77. The average molecular weight is 529 g/mol. The highest BCUT2D eigenvalue weighted by Crippen LogP contribution is 2.60. The minimum Gasteiger partial charge on any atom is -0.388 e. The Labute approximate surface area is 211 Å². The lowest BCUT2D eigenvalue weighted by Crippen LogP contribution is -2.40. The maximum absolute atomic E-state index is 13.0. The Kier molecular flexibility index (Phi) is 8.31. The lowest BCUT2D eigenvalue weighted by atomic mass is 9.92. The van der Waals surface area contributed by atoms with Gasteiger partial charge in [-0.05, 0) is 57.7 Å². The van der Waals surface area contributed by atoms with Crippen LogP contribution in [0.15, 0.2) is 12.1 Å². The van der Waals surface area contributed by atoms with Gasteiger partial charge in [-0.3, -0.25) is 4.57 Å². The number of pyridine rings is 2. The molecule has 1 saturated heterocycles. The number of aliphatic hydroxyl groups excluding tert-OH is 2. The van der Waals surface area contributed by atoms with Crippen LogP contribution >= 0.6 is 19.8 Å². The van der Waals surface area contributed by atoms with Crippen LogP contribution in [0.5, 0.6) is 0 Å². The maximum Gasteiger partial charge on any atom is 0.359 e. The SMILES string of the molecule is CCC(C)(C[C@H]1O[C@@H](c2cc3cc(C)c(C)nc3[nH]c2=S)[C@@H](O)C1O)OP(=O)(O)C(O)(CC)CC. The van der Waals surface area contributed by atoms with Crippen molar-refractivity contribution in [2.75, 3.05) is 0 Å². The van der Waals surface area contributed by atoms with Gasteiger partial charge in [-0.25, -0.2) is 4.98 Å². The Morgan fingerprint density at radius 3 is 2.37 bits per heavy atom. The molecule has 35 heavy (non-hydrogen) atoms. The summed E-state index contributed by atoms with van der Waals surface area (Å²) in [5.41, 5.74) is 1.82. The molecule has 196 valence electrons. The third-order valence-corrected chi connectivity index (χ3v) is 10.1. The van der Waals surface area contributed by atoms with E-state index in [4.69, 9.17) is 21.5 Å². The van der Waals surface area contributed by atoms with E-state index in [9.17, 15) is 24.8 Å². The van der Waals surface area contributed by atoms with Crippen LogP contribution in [0.4, 0.5) is 0 Å². The van der Waals surface area contributed by atoms with Crippen molar-refractivity contribution in [1.82, 2.24) is 9.97 Å². The molecule has 0 radical (unpaired) electrons. The van der Waals surface area contributed by atoms with E-state index in [2.05, 4.69) is 9.97 Å². The summed E-state index contributed by atoms with van der Waals surface area (Å²) in [5, 5.41) is 31.2. The number of fused-ring (bicyclic) bond motifs is 1. The van der Waals surface area contributed by atoms with Gasteiger partial charge in [0.15, 0.2) is 5.34 Å². The van der Waals surface area contributed by atoms with Crippen LogP contribution < -0.4 is 0 Å². The van der Waals surface area contributed by atoms with Gasteiger partial charge in [0.05, 0.1) is 11.7 Å². The molecule has 2 aromatic heterocycles. The molecule has 3 unspecified atom stereocenters. The minimum atomic E-state index is -4.43. The minimum absolute atomic E-state index is 0.0240. The second-order valence-electron chi connectivity index (χ2n) is 9.77. The van der Waals surface area contributed by atoms with Crippen molar-refractivity contribution in [3.63, 3.8) is 0 Å². The number of aromatic amines is 1. The molecule has 3 heterocycles. The predicted octanol–water partition coefficient (Wildman–Crippen LogP) is 4.34.